The highest BCUT2D eigenvalue weighted by atomic mass is 79.9. The topological polar surface area (TPSA) is 38.5 Å². The van der Waals surface area contributed by atoms with Crippen molar-refractivity contribution in [3.8, 4) is 0 Å². The maximum Gasteiger partial charge on any atom is 0.0746 e. The molecule has 0 spiro atoms. The lowest BCUT2D eigenvalue weighted by molar-refractivity contribution is 0.0893. The third kappa shape index (κ3) is 3.05. The van der Waals surface area contributed by atoms with Crippen LogP contribution < -0.4 is 10.6 Å². The third-order valence-corrected chi connectivity index (χ3v) is 4.03. The van der Waals surface area contributed by atoms with Crippen LogP contribution in [-0.2, 0) is 4.74 Å². The van der Waals surface area contributed by atoms with Gasteiger partial charge in [-0.2, -0.15) is 0 Å². The zero-order valence-electron chi connectivity index (χ0n) is 11.0. The van der Waals surface area contributed by atoms with E-state index in [1.807, 2.05) is 6.92 Å². The number of piperidine rings is 1. The van der Waals surface area contributed by atoms with E-state index in [9.17, 15) is 0 Å². The van der Waals surface area contributed by atoms with Gasteiger partial charge in [0.25, 0.3) is 0 Å². The van der Waals surface area contributed by atoms with Crippen LogP contribution in [-0.4, -0.2) is 26.3 Å². The van der Waals surface area contributed by atoms with Gasteiger partial charge in [-0.05, 0) is 43.5 Å². The Bertz CT molecular complexity index is 409. The van der Waals surface area contributed by atoms with Gasteiger partial charge in [0.05, 0.1) is 6.10 Å². The summed E-state index contributed by atoms with van der Waals surface area (Å²) in [6.45, 7) is 4.07. The van der Waals surface area contributed by atoms with Gasteiger partial charge < -0.3 is 15.4 Å². The predicted octanol–water partition coefficient (Wildman–Crippen LogP) is 3.08. The van der Waals surface area contributed by atoms with Crippen molar-refractivity contribution in [2.45, 2.75) is 31.9 Å². The molecule has 1 aliphatic heterocycles. The second kappa shape index (κ2) is 6.04. The minimum absolute atomic E-state index is 0.0421. The quantitative estimate of drug-likeness (QED) is 0.932. The van der Waals surface area contributed by atoms with Gasteiger partial charge in [-0.1, -0.05) is 15.9 Å². The lowest BCUT2D eigenvalue weighted by Crippen LogP contribution is -2.40. The van der Waals surface area contributed by atoms with E-state index in [2.05, 4.69) is 39.0 Å². The van der Waals surface area contributed by atoms with Crippen LogP contribution in [0.3, 0.4) is 0 Å². The van der Waals surface area contributed by atoms with Gasteiger partial charge in [0, 0.05) is 36.4 Å². The van der Waals surface area contributed by atoms with Gasteiger partial charge in [-0.25, -0.2) is 0 Å². The molecule has 1 fully saturated rings. The lowest BCUT2D eigenvalue weighted by atomic mass is 10.0. The van der Waals surface area contributed by atoms with Crippen molar-refractivity contribution in [1.82, 2.24) is 0 Å². The number of hydrogen-bond acceptors (Lipinski definition) is 3. The fraction of sp³-hybridized carbons (Fsp3) is 0.571. The molecule has 0 aliphatic carbocycles. The summed E-state index contributed by atoms with van der Waals surface area (Å²) in [6.07, 6.45) is 2.66. The number of benzene rings is 1. The highest BCUT2D eigenvalue weighted by molar-refractivity contribution is 9.10. The van der Waals surface area contributed by atoms with Crippen molar-refractivity contribution >= 4 is 21.6 Å². The zero-order chi connectivity index (χ0) is 13.1. The lowest BCUT2D eigenvalue weighted by Gasteiger charge is -2.35. The van der Waals surface area contributed by atoms with Crippen molar-refractivity contribution in [3.05, 3.63) is 28.2 Å². The Labute approximate surface area is 117 Å². The van der Waals surface area contributed by atoms with Crippen LogP contribution >= 0.6 is 15.9 Å². The molecule has 1 aliphatic rings. The average molecular weight is 313 g/mol. The first-order valence-corrected chi connectivity index (χ1v) is 7.24. The van der Waals surface area contributed by atoms with Crippen LogP contribution in [0.25, 0.3) is 0 Å². The second-order valence-corrected chi connectivity index (χ2v) is 5.85. The van der Waals surface area contributed by atoms with E-state index < -0.39 is 0 Å². The third-order valence-electron chi connectivity index (χ3n) is 3.53. The first-order chi connectivity index (χ1) is 8.61. The number of halogens is 1. The van der Waals surface area contributed by atoms with Crippen molar-refractivity contribution in [2.75, 3.05) is 25.1 Å². The smallest absolute Gasteiger partial charge is 0.0746 e. The Balaban J connectivity index is 2.26. The fourth-order valence-electron chi connectivity index (χ4n) is 2.53. The summed E-state index contributed by atoms with van der Waals surface area (Å²) in [6, 6.07) is 6.40. The Kier molecular flexibility index (Phi) is 4.65. The van der Waals surface area contributed by atoms with E-state index in [1.54, 1.807) is 7.11 Å². The van der Waals surface area contributed by atoms with Crippen LogP contribution in [0.15, 0.2) is 22.7 Å². The number of anilines is 1. The van der Waals surface area contributed by atoms with Crippen molar-refractivity contribution in [1.29, 1.82) is 0 Å². The summed E-state index contributed by atoms with van der Waals surface area (Å²) in [5, 5.41) is 0. The minimum Gasteiger partial charge on any atom is -0.380 e. The monoisotopic (exact) mass is 312 g/mol. The van der Waals surface area contributed by atoms with Gasteiger partial charge in [0.1, 0.15) is 0 Å². The Hall–Kier alpha value is -0.580. The molecule has 3 nitrogen and oxygen atoms in total. The molecule has 2 atom stereocenters. The molecular weight excluding hydrogens is 292 g/mol. The van der Waals surface area contributed by atoms with Gasteiger partial charge >= 0.3 is 0 Å². The first kappa shape index (κ1) is 13.8. The molecule has 2 N–H and O–H groups in total. The molecule has 0 aromatic heterocycles. The SMILES string of the molecule is COC1CCCN(c2ccc(Br)cc2C(C)N)C1. The van der Waals surface area contributed by atoms with Gasteiger partial charge in [-0.3, -0.25) is 0 Å². The van der Waals surface area contributed by atoms with Gasteiger partial charge in [0.15, 0.2) is 0 Å². The summed E-state index contributed by atoms with van der Waals surface area (Å²) in [7, 11) is 1.79. The number of nitrogens with zero attached hydrogens (tertiary/aromatic N) is 1. The second-order valence-electron chi connectivity index (χ2n) is 4.94. The molecule has 1 aromatic rings. The van der Waals surface area contributed by atoms with E-state index in [0.29, 0.717) is 6.10 Å². The highest BCUT2D eigenvalue weighted by Crippen LogP contribution is 2.30. The summed E-state index contributed by atoms with van der Waals surface area (Å²) in [4.78, 5) is 2.39. The Morgan fingerprint density at radius 3 is 2.94 bits per heavy atom. The molecule has 2 rings (SSSR count). The molecule has 2 unspecified atom stereocenters. The Morgan fingerprint density at radius 1 is 1.50 bits per heavy atom. The van der Waals surface area contributed by atoms with Crippen molar-refractivity contribution in [2.24, 2.45) is 5.73 Å². The predicted molar refractivity (Wildman–Crippen MR) is 79.0 cm³/mol. The number of hydrogen-bond donors (Lipinski definition) is 1. The molecule has 0 bridgehead atoms. The maximum atomic E-state index is 6.08. The molecule has 0 radical (unpaired) electrons. The fourth-order valence-corrected chi connectivity index (χ4v) is 2.91. The molecular formula is C14H21BrN2O. The van der Waals surface area contributed by atoms with E-state index in [-0.39, 0.29) is 6.04 Å². The van der Waals surface area contributed by atoms with E-state index >= 15 is 0 Å². The molecule has 0 saturated carbocycles. The molecule has 100 valence electrons. The van der Waals surface area contributed by atoms with Crippen LogP contribution in [0.1, 0.15) is 31.4 Å². The molecule has 1 aromatic carbocycles. The molecule has 1 saturated heterocycles. The number of rotatable bonds is 3. The van der Waals surface area contributed by atoms with Crippen LogP contribution in [0, 0.1) is 0 Å². The number of ether oxygens (including phenoxy) is 1. The average Bonchev–Trinajstić information content (AvgIpc) is 2.38. The Morgan fingerprint density at radius 2 is 2.28 bits per heavy atom. The normalized spacial score (nSPS) is 22.0. The molecule has 18 heavy (non-hydrogen) atoms. The van der Waals surface area contributed by atoms with Crippen molar-refractivity contribution in [3.63, 3.8) is 0 Å². The first-order valence-electron chi connectivity index (χ1n) is 6.44. The minimum atomic E-state index is 0.0421. The van der Waals surface area contributed by atoms with E-state index in [1.165, 1.54) is 17.7 Å². The largest absolute Gasteiger partial charge is 0.380 e. The van der Waals surface area contributed by atoms with Gasteiger partial charge in [0.2, 0.25) is 0 Å². The van der Waals surface area contributed by atoms with Crippen molar-refractivity contribution < 1.29 is 4.74 Å². The summed E-state index contributed by atoms with van der Waals surface area (Å²) in [5.74, 6) is 0. The summed E-state index contributed by atoms with van der Waals surface area (Å²) >= 11 is 3.52. The molecule has 0 amide bonds. The van der Waals surface area contributed by atoms with E-state index in [0.717, 1.165) is 24.0 Å². The number of methoxy groups -OCH3 is 1. The summed E-state index contributed by atoms with van der Waals surface area (Å²) in [5.41, 5.74) is 8.52. The van der Waals surface area contributed by atoms with Crippen LogP contribution in [0.4, 0.5) is 5.69 Å². The van der Waals surface area contributed by atoms with Crippen LogP contribution in [0.2, 0.25) is 0 Å². The van der Waals surface area contributed by atoms with Gasteiger partial charge in [-0.15, -0.1) is 0 Å². The summed E-state index contributed by atoms with van der Waals surface area (Å²) < 4.78 is 6.57. The molecule has 4 heteroatoms. The highest BCUT2D eigenvalue weighted by Gasteiger charge is 2.22. The van der Waals surface area contributed by atoms with E-state index in [4.69, 9.17) is 10.5 Å². The molecule has 1 heterocycles. The zero-order valence-corrected chi connectivity index (χ0v) is 12.6. The standard InChI is InChI=1S/C14H21BrN2O/c1-10(16)13-8-11(15)5-6-14(13)17-7-3-4-12(9-17)18-2/h5-6,8,10,12H,3-4,7,9,16H2,1-2H3. The van der Waals surface area contributed by atoms with Crippen LogP contribution in [0.5, 0.6) is 0 Å². The maximum absolute atomic E-state index is 6.08. The number of nitrogens with two attached hydrogens (primary N) is 1.